The van der Waals surface area contributed by atoms with Crippen molar-refractivity contribution in [2.75, 3.05) is 39.3 Å². The Hall–Kier alpha value is -6.10. The molecule has 8 aliphatic rings. The van der Waals surface area contributed by atoms with E-state index in [1.807, 2.05) is 65.2 Å². The van der Waals surface area contributed by atoms with E-state index in [1.165, 1.54) is 0 Å². The van der Waals surface area contributed by atoms with Gasteiger partial charge in [-0.2, -0.15) is 0 Å². The van der Waals surface area contributed by atoms with Crippen LogP contribution in [0.5, 0.6) is 0 Å². The van der Waals surface area contributed by atoms with Crippen molar-refractivity contribution in [3.05, 3.63) is 25.3 Å². The number of ether oxygens (including phenoxy) is 1. The summed E-state index contributed by atoms with van der Waals surface area (Å²) in [6, 6.07) is -1.42. The largest absolute Gasteiger partial charge is 0.460 e. The Labute approximate surface area is 669 Å². The average Bonchev–Trinajstić information content (AvgIpc) is 1.53. The molecular formula is C92H149N5O14. The van der Waals surface area contributed by atoms with Crippen molar-refractivity contribution in [3.63, 3.8) is 0 Å². The van der Waals surface area contributed by atoms with Gasteiger partial charge in [0.2, 0.25) is 41.3 Å². The monoisotopic (exact) mass is 1550 g/mol. The Kier molecular flexibility index (Phi) is 36.1. The van der Waals surface area contributed by atoms with E-state index >= 15 is 0 Å². The maximum absolute atomic E-state index is 14.6. The number of Topliss-reactive ketones (excluding diaryl/α,β-unsaturated/α-hetero) is 7. The molecule has 0 spiro atoms. The molecule has 2 saturated carbocycles. The minimum absolute atomic E-state index is 0.00488. The van der Waals surface area contributed by atoms with Crippen LogP contribution in [-0.2, 0) is 67.1 Å². The lowest BCUT2D eigenvalue weighted by Gasteiger charge is -2.41. The molecular weight excluding hydrogens is 1400 g/mol. The Morgan fingerprint density at radius 3 is 1.25 bits per heavy atom. The van der Waals surface area contributed by atoms with Gasteiger partial charge in [0.05, 0.1) is 24.5 Å². The van der Waals surface area contributed by atoms with E-state index in [4.69, 9.17) is 4.74 Å². The SMILES string of the molecule is C=CCCC(=O)C(=O)[C@@H]1CCCCCCCCC[C@H](CC(=O)C[C@H](CN2CCC(C)(C)CC2=O)C(C)(C)C)C(=O)N2C[C@H]3[C@@H]([C@H]2C(=O)C1)C3(C)C.C=CCCC(=O)C(=O)[C@@H]1CCCCCCCCC[C@H](CC(=O)OC(C)(C)C)C(=O)N2C[C@H]3[C@@H]([C@H]2C(=O)C1)C3(C)C.CC.CC1(C)CCN(C[C@@H](N=C=O)C(C)(C)C)C(=O)C1. The minimum Gasteiger partial charge on any atom is -0.460 e. The number of fused-ring (bicyclic) bond motifs is 6. The number of carbonyl (C=O) groups excluding carboxylic acids is 13. The summed E-state index contributed by atoms with van der Waals surface area (Å²) in [5.41, 5.74) is -1.02. The Morgan fingerprint density at radius 2 is 0.901 bits per heavy atom. The van der Waals surface area contributed by atoms with Crippen LogP contribution < -0.4 is 0 Å². The summed E-state index contributed by atoms with van der Waals surface area (Å²) in [6.07, 6.45) is 25.2. The first-order valence-corrected chi connectivity index (χ1v) is 43.2. The van der Waals surface area contributed by atoms with Gasteiger partial charge in [-0.25, -0.2) is 9.79 Å². The fraction of sp³-hybridized carbons (Fsp3) is 0.815. The van der Waals surface area contributed by atoms with E-state index in [0.717, 1.165) is 109 Å². The fourth-order valence-electron chi connectivity index (χ4n) is 18.4. The molecule has 4 amide bonds. The third-order valence-corrected chi connectivity index (χ3v) is 26.0. The zero-order valence-electron chi connectivity index (χ0n) is 72.6. The van der Waals surface area contributed by atoms with Crippen LogP contribution in [0.2, 0.25) is 0 Å². The third-order valence-electron chi connectivity index (χ3n) is 26.0. The van der Waals surface area contributed by atoms with Crippen molar-refractivity contribution in [1.82, 2.24) is 19.6 Å². The lowest BCUT2D eigenvalue weighted by Crippen LogP contribution is -2.49. The summed E-state index contributed by atoms with van der Waals surface area (Å²) in [5.74, 6) is -4.20. The predicted molar refractivity (Wildman–Crippen MR) is 437 cm³/mol. The molecule has 0 aromatic heterocycles. The fourth-order valence-corrected chi connectivity index (χ4v) is 18.4. The molecule has 0 N–H and O–H groups in total. The molecule has 12 atom stereocenters. The molecule has 19 nitrogen and oxygen atoms in total. The van der Waals surface area contributed by atoms with E-state index in [1.54, 1.807) is 28.0 Å². The highest BCUT2D eigenvalue weighted by molar-refractivity contribution is 6.38. The molecule has 8 fully saturated rings. The molecule has 0 bridgehead atoms. The summed E-state index contributed by atoms with van der Waals surface area (Å²) >= 11 is 0. The van der Waals surface area contributed by atoms with Crippen molar-refractivity contribution >= 4 is 76.2 Å². The highest BCUT2D eigenvalue weighted by atomic mass is 16.6. The Bertz CT molecular complexity index is 3300. The lowest BCUT2D eigenvalue weighted by atomic mass is 9.75. The molecule has 19 heteroatoms. The topological polar surface area (TPSA) is 256 Å². The molecule has 0 unspecified atom stereocenters. The maximum Gasteiger partial charge on any atom is 0.307 e. The number of nitrogens with zero attached hydrogens (tertiary/aromatic N) is 5. The number of hydrogen-bond acceptors (Lipinski definition) is 15. The molecule has 2 aliphatic carbocycles. The molecule has 0 radical (unpaired) electrons. The van der Waals surface area contributed by atoms with Crippen LogP contribution in [0.4, 0.5) is 0 Å². The second-order valence-electron chi connectivity index (χ2n) is 40.0. The van der Waals surface area contributed by atoms with Gasteiger partial charge in [0.1, 0.15) is 11.4 Å². The Morgan fingerprint density at radius 1 is 0.532 bits per heavy atom. The number of amides is 4. The third kappa shape index (κ3) is 28.1. The van der Waals surface area contributed by atoms with Gasteiger partial charge in [0.25, 0.3) is 0 Å². The predicted octanol–water partition coefficient (Wildman–Crippen LogP) is 17.4. The quantitative estimate of drug-likeness (QED) is 0.0340. The smallest absolute Gasteiger partial charge is 0.307 e. The van der Waals surface area contributed by atoms with Crippen LogP contribution >= 0.6 is 0 Å². The summed E-state index contributed by atoms with van der Waals surface area (Å²) in [6.45, 7) is 49.8. The first-order valence-electron chi connectivity index (χ1n) is 43.2. The number of allylic oxidation sites excluding steroid dienone is 2. The van der Waals surface area contributed by atoms with Crippen molar-refractivity contribution in [2.45, 2.75) is 354 Å². The zero-order chi connectivity index (χ0) is 83.4. The first kappa shape index (κ1) is 95.5. The second-order valence-corrected chi connectivity index (χ2v) is 40.0. The van der Waals surface area contributed by atoms with Crippen LogP contribution in [0.3, 0.4) is 0 Å². The van der Waals surface area contributed by atoms with Gasteiger partial charge in [0, 0.05) is 114 Å². The average molecular weight is 1550 g/mol. The first-order chi connectivity index (χ1) is 51.8. The number of aliphatic imine (C=N–C) groups is 1. The standard InChI is InChI=1S/C43H68N2O6.C33H51NO6.C14H24N2O2.C2H6/c1-9-10-20-34(47)39(50)29-18-16-14-12-11-13-15-17-19-30(40(51)45-28-33-37(43(33,7)8)38(45)35(48)24-29)23-32(46)25-31(41(2,3)4)27-44-22-21-42(5,6)26-36(44)49;1-7-8-18-25(35)30(38)22-16-14-12-10-9-11-13-15-17-23(20-27(37)40-32(2,3)4)31(39)34-21-24-28(33(24,5)6)29(34)26(36)19-22;1-13(2,3)11(15-10-17)9-16-7-6-14(4,5)8-12(16)18;1-2/h9,29-31,33,37-38H,1,10-28H2,2-8H3;7,22-24,28-29H,1,8-21H2,2-6H3;11H,6-9H2,1-5H3;1-2H3/t29-,30-,31-,33+,37+,38-;22-,23-,24+,28+,29-;11-;/m111./s1. The molecule has 111 heavy (non-hydrogen) atoms. The maximum atomic E-state index is 14.6. The van der Waals surface area contributed by atoms with Crippen LogP contribution in [-0.4, -0.2) is 159 Å². The number of likely N-dealkylation sites (tertiary alicyclic amines) is 2. The number of rotatable bonds is 21. The summed E-state index contributed by atoms with van der Waals surface area (Å²) in [7, 11) is 0. The van der Waals surface area contributed by atoms with Gasteiger partial charge in [0.15, 0.2) is 23.1 Å². The number of ketones is 7. The summed E-state index contributed by atoms with van der Waals surface area (Å²) in [4.78, 5) is 182. The molecule has 0 aromatic carbocycles. The zero-order valence-corrected chi connectivity index (χ0v) is 72.6. The van der Waals surface area contributed by atoms with Crippen molar-refractivity contribution in [3.8, 4) is 0 Å². The van der Waals surface area contributed by atoms with Crippen LogP contribution in [0.25, 0.3) is 0 Å². The summed E-state index contributed by atoms with van der Waals surface area (Å²) in [5, 5.41) is 0. The lowest BCUT2D eigenvalue weighted by molar-refractivity contribution is -0.159. The number of piperidine rings is 4. The van der Waals surface area contributed by atoms with E-state index in [-0.39, 0.29) is 148 Å². The Balaban J connectivity index is 0.000000325. The van der Waals surface area contributed by atoms with Crippen LogP contribution in [0, 0.1) is 85.8 Å². The number of hydrogen-bond donors (Lipinski definition) is 0. The van der Waals surface area contributed by atoms with E-state index < -0.39 is 70.5 Å². The van der Waals surface area contributed by atoms with Gasteiger partial charge in [-0.1, -0.05) is 213 Å². The van der Waals surface area contributed by atoms with E-state index in [9.17, 15) is 62.3 Å². The highest BCUT2D eigenvalue weighted by Crippen LogP contribution is 2.66. The van der Waals surface area contributed by atoms with Gasteiger partial charge in [-0.05, 0) is 134 Å². The second kappa shape index (κ2) is 42.0. The molecule has 6 saturated heterocycles. The molecule has 8 rings (SSSR count). The summed E-state index contributed by atoms with van der Waals surface area (Å²) < 4.78 is 5.56. The van der Waals surface area contributed by atoms with Gasteiger partial charge >= 0.3 is 5.97 Å². The van der Waals surface area contributed by atoms with Crippen molar-refractivity contribution in [2.24, 2.45) is 90.7 Å². The van der Waals surface area contributed by atoms with Crippen molar-refractivity contribution < 1.29 is 67.1 Å². The molecule has 6 heterocycles. The van der Waals surface area contributed by atoms with Crippen LogP contribution in [0.15, 0.2) is 30.3 Å². The number of carbonyl (C=O) groups is 12. The van der Waals surface area contributed by atoms with Gasteiger partial charge < -0.3 is 24.3 Å². The van der Waals surface area contributed by atoms with Crippen molar-refractivity contribution in [1.29, 1.82) is 0 Å². The number of isocyanates is 1. The molecule has 6 aliphatic heterocycles. The number of esters is 1. The minimum atomic E-state index is -0.662. The van der Waals surface area contributed by atoms with Crippen LogP contribution in [0.1, 0.15) is 331 Å². The normalized spacial score (nSPS) is 27.8. The van der Waals surface area contributed by atoms with Gasteiger partial charge in [-0.15, -0.1) is 13.2 Å². The molecule has 626 valence electrons. The van der Waals surface area contributed by atoms with E-state index in [0.29, 0.717) is 90.5 Å². The molecule has 0 aromatic rings. The highest BCUT2D eigenvalue weighted by Gasteiger charge is 2.70. The van der Waals surface area contributed by atoms with Gasteiger partial charge in [-0.3, -0.25) is 57.5 Å². The van der Waals surface area contributed by atoms with E-state index in [2.05, 4.69) is 94.3 Å².